The number of hydrogen-bond donors (Lipinski definition) is 1. The Labute approximate surface area is 61.0 Å². The Morgan fingerprint density at radius 1 is 1.70 bits per heavy atom. The second-order valence-corrected chi connectivity index (χ2v) is 3.10. The first-order valence-corrected chi connectivity index (χ1v) is 3.96. The van der Waals surface area contributed by atoms with Gasteiger partial charge in [0, 0.05) is 12.3 Å². The van der Waals surface area contributed by atoms with Crippen molar-refractivity contribution in [3.8, 4) is 0 Å². The number of aliphatic imine (C=N–C) groups is 1. The average Bonchev–Trinajstić information content (AvgIpc) is 2.34. The molecule has 2 N–H and O–H groups in total. The maximum atomic E-state index is 4.40. The first-order valence-electron chi connectivity index (χ1n) is 3.96. The van der Waals surface area contributed by atoms with Gasteiger partial charge in [-0.1, -0.05) is 6.92 Å². The molecule has 2 aliphatic rings. The van der Waals surface area contributed by atoms with Crippen LogP contribution in [-0.4, -0.2) is 12.8 Å². The van der Waals surface area contributed by atoms with Crippen LogP contribution in [0.2, 0.25) is 0 Å². The van der Waals surface area contributed by atoms with E-state index in [1.165, 1.54) is 24.2 Å². The molecular weight excluding hydrogens is 124 g/mol. The Morgan fingerprint density at radius 3 is 3.40 bits per heavy atom. The van der Waals surface area contributed by atoms with Crippen LogP contribution in [0.3, 0.4) is 0 Å². The van der Waals surface area contributed by atoms with Crippen molar-refractivity contribution in [2.45, 2.75) is 19.8 Å². The van der Waals surface area contributed by atoms with Gasteiger partial charge in [0.15, 0.2) is 0 Å². The van der Waals surface area contributed by atoms with Gasteiger partial charge in [0.2, 0.25) is 0 Å². The topological polar surface area (TPSA) is 29.0 Å². The molecule has 0 fully saturated rings. The van der Waals surface area contributed by atoms with Crippen LogP contribution < -0.4 is 5.32 Å². The van der Waals surface area contributed by atoms with E-state index in [9.17, 15) is 0 Å². The standard InChI is InChI=1S/C8H12N2/c1-6-2-3-7-8(6)10-5-4-9-7/h5-6,9H,2-4H2,1H3/p+1/t6-/m1/s1. The van der Waals surface area contributed by atoms with E-state index in [2.05, 4.69) is 17.2 Å². The Morgan fingerprint density at radius 2 is 2.60 bits per heavy atom. The summed E-state index contributed by atoms with van der Waals surface area (Å²) in [5.41, 5.74) is 2.86. The average molecular weight is 137 g/mol. The molecule has 0 amide bonds. The summed E-state index contributed by atoms with van der Waals surface area (Å²) in [7, 11) is 0. The third kappa shape index (κ3) is 0.797. The van der Waals surface area contributed by atoms with Crippen LogP contribution in [0.1, 0.15) is 19.8 Å². The van der Waals surface area contributed by atoms with Gasteiger partial charge in [0.05, 0.1) is 11.9 Å². The molecule has 1 heterocycles. The SMILES string of the molecule is C[C@@H]1CCC2=C1N=CC[NH2+]2. The maximum Gasteiger partial charge on any atom is 0.128 e. The lowest BCUT2D eigenvalue weighted by atomic mass is 10.1. The van der Waals surface area contributed by atoms with Gasteiger partial charge in [-0.2, -0.15) is 0 Å². The second-order valence-electron chi connectivity index (χ2n) is 3.10. The van der Waals surface area contributed by atoms with Crippen molar-refractivity contribution in [2.75, 3.05) is 6.54 Å². The van der Waals surface area contributed by atoms with Crippen LogP contribution in [0.4, 0.5) is 0 Å². The van der Waals surface area contributed by atoms with Crippen molar-refractivity contribution in [3.05, 3.63) is 11.4 Å². The van der Waals surface area contributed by atoms with Crippen LogP contribution in [-0.2, 0) is 0 Å². The number of nitrogens with zero attached hydrogens (tertiary/aromatic N) is 1. The second kappa shape index (κ2) is 2.20. The maximum absolute atomic E-state index is 4.40. The number of quaternary nitrogens is 1. The summed E-state index contributed by atoms with van der Waals surface area (Å²) in [6.07, 6.45) is 4.58. The van der Waals surface area contributed by atoms with Crippen molar-refractivity contribution in [3.63, 3.8) is 0 Å². The molecule has 0 saturated heterocycles. The summed E-state index contributed by atoms with van der Waals surface area (Å²) in [4.78, 5) is 4.40. The summed E-state index contributed by atoms with van der Waals surface area (Å²) in [5.74, 6) is 0.711. The molecule has 2 nitrogen and oxygen atoms in total. The highest BCUT2D eigenvalue weighted by Gasteiger charge is 2.25. The molecule has 0 bridgehead atoms. The van der Waals surface area contributed by atoms with E-state index in [1.807, 2.05) is 6.21 Å². The Balaban J connectivity index is 2.30. The highest BCUT2D eigenvalue weighted by Crippen LogP contribution is 2.29. The van der Waals surface area contributed by atoms with Gasteiger partial charge in [-0.05, 0) is 6.42 Å². The number of hydrogen-bond acceptors (Lipinski definition) is 1. The zero-order valence-electron chi connectivity index (χ0n) is 6.30. The molecule has 0 spiro atoms. The molecule has 10 heavy (non-hydrogen) atoms. The predicted octanol–water partition coefficient (Wildman–Crippen LogP) is 0.276. The fraction of sp³-hybridized carbons (Fsp3) is 0.625. The quantitative estimate of drug-likeness (QED) is 0.497. The molecule has 0 unspecified atom stereocenters. The molecule has 0 saturated carbocycles. The first-order chi connectivity index (χ1) is 4.88. The molecule has 0 radical (unpaired) electrons. The van der Waals surface area contributed by atoms with Crippen molar-refractivity contribution in [1.82, 2.24) is 0 Å². The van der Waals surface area contributed by atoms with Crippen LogP contribution in [0.15, 0.2) is 16.4 Å². The Bertz CT molecular complexity index is 203. The summed E-state index contributed by atoms with van der Waals surface area (Å²) >= 11 is 0. The van der Waals surface area contributed by atoms with Gasteiger partial charge in [-0.15, -0.1) is 0 Å². The van der Waals surface area contributed by atoms with Crippen molar-refractivity contribution in [2.24, 2.45) is 10.9 Å². The monoisotopic (exact) mass is 137 g/mol. The molecular formula is C8H13N2+. The fourth-order valence-corrected chi connectivity index (χ4v) is 1.72. The summed E-state index contributed by atoms with van der Waals surface area (Å²) < 4.78 is 0. The smallest absolute Gasteiger partial charge is 0.128 e. The van der Waals surface area contributed by atoms with E-state index in [1.54, 1.807) is 0 Å². The molecule has 0 aromatic rings. The van der Waals surface area contributed by atoms with Gasteiger partial charge >= 0.3 is 0 Å². The van der Waals surface area contributed by atoms with Crippen LogP contribution in [0, 0.1) is 5.92 Å². The molecule has 2 heteroatoms. The molecule has 1 aliphatic heterocycles. The Hall–Kier alpha value is -0.630. The predicted molar refractivity (Wildman–Crippen MR) is 40.7 cm³/mol. The normalized spacial score (nSPS) is 31.1. The number of nitrogens with two attached hydrogens (primary N) is 1. The number of rotatable bonds is 0. The highest BCUT2D eigenvalue weighted by molar-refractivity contribution is 5.61. The zero-order chi connectivity index (χ0) is 6.97. The fourth-order valence-electron chi connectivity index (χ4n) is 1.72. The van der Waals surface area contributed by atoms with Gasteiger partial charge < -0.3 is 5.32 Å². The van der Waals surface area contributed by atoms with E-state index in [-0.39, 0.29) is 0 Å². The van der Waals surface area contributed by atoms with Crippen molar-refractivity contribution >= 4 is 6.21 Å². The lowest BCUT2D eigenvalue weighted by Crippen LogP contribution is -2.83. The third-order valence-corrected chi connectivity index (χ3v) is 2.34. The van der Waals surface area contributed by atoms with Gasteiger partial charge in [0.1, 0.15) is 12.2 Å². The van der Waals surface area contributed by atoms with E-state index >= 15 is 0 Å². The largest absolute Gasteiger partial charge is 0.311 e. The van der Waals surface area contributed by atoms with Crippen LogP contribution in [0.5, 0.6) is 0 Å². The van der Waals surface area contributed by atoms with E-state index in [0.717, 1.165) is 6.54 Å². The van der Waals surface area contributed by atoms with Gasteiger partial charge in [-0.3, -0.25) is 4.99 Å². The van der Waals surface area contributed by atoms with Crippen LogP contribution >= 0.6 is 0 Å². The molecule has 1 aliphatic carbocycles. The van der Waals surface area contributed by atoms with Crippen molar-refractivity contribution in [1.29, 1.82) is 0 Å². The van der Waals surface area contributed by atoms with Crippen molar-refractivity contribution < 1.29 is 5.32 Å². The van der Waals surface area contributed by atoms with E-state index in [4.69, 9.17) is 0 Å². The molecule has 0 aromatic heterocycles. The van der Waals surface area contributed by atoms with E-state index < -0.39 is 0 Å². The zero-order valence-corrected chi connectivity index (χ0v) is 6.30. The van der Waals surface area contributed by atoms with Crippen LogP contribution in [0.25, 0.3) is 0 Å². The summed E-state index contributed by atoms with van der Waals surface area (Å²) in [5, 5.41) is 2.31. The minimum absolute atomic E-state index is 0.711. The summed E-state index contributed by atoms with van der Waals surface area (Å²) in [6, 6.07) is 0. The lowest BCUT2D eigenvalue weighted by Gasteiger charge is -2.06. The molecule has 54 valence electrons. The minimum atomic E-state index is 0.711. The first kappa shape index (κ1) is 6.10. The molecule has 0 aromatic carbocycles. The minimum Gasteiger partial charge on any atom is -0.311 e. The molecule has 1 atom stereocenters. The highest BCUT2D eigenvalue weighted by atomic mass is 15.0. The van der Waals surface area contributed by atoms with Gasteiger partial charge in [-0.25, -0.2) is 0 Å². The summed E-state index contributed by atoms with van der Waals surface area (Å²) in [6.45, 7) is 3.31. The lowest BCUT2D eigenvalue weighted by molar-refractivity contribution is -0.594. The number of allylic oxidation sites excluding steroid dienone is 2. The Kier molecular flexibility index (Phi) is 1.34. The molecule has 2 rings (SSSR count). The van der Waals surface area contributed by atoms with E-state index in [0.29, 0.717) is 5.92 Å². The third-order valence-electron chi connectivity index (χ3n) is 2.34. The van der Waals surface area contributed by atoms with Gasteiger partial charge in [0.25, 0.3) is 0 Å².